The summed E-state index contributed by atoms with van der Waals surface area (Å²) in [5.41, 5.74) is 2.63. The second-order valence-electron chi connectivity index (χ2n) is 10.0. The Labute approximate surface area is 216 Å². The first-order chi connectivity index (χ1) is 18.1. The molecule has 3 aromatic rings. The molecule has 192 valence electrons. The smallest absolute Gasteiger partial charge is 0.130 e. The van der Waals surface area contributed by atoms with Crippen LogP contribution in [0.3, 0.4) is 0 Å². The highest BCUT2D eigenvalue weighted by Crippen LogP contribution is 2.32. The normalized spacial score (nSPS) is 21.1. The molecular formula is C28H33FN8. The van der Waals surface area contributed by atoms with Gasteiger partial charge in [-0.25, -0.2) is 14.4 Å². The number of nitrogens with one attached hydrogen (secondary N) is 3. The van der Waals surface area contributed by atoms with Gasteiger partial charge in [-0.15, -0.1) is 0 Å². The molecule has 0 radical (unpaired) electrons. The van der Waals surface area contributed by atoms with Crippen molar-refractivity contribution in [2.75, 3.05) is 50.7 Å². The minimum Gasteiger partial charge on any atom is -0.354 e. The molecule has 6 rings (SSSR count). The van der Waals surface area contributed by atoms with E-state index in [2.05, 4.69) is 31.2 Å². The molecule has 37 heavy (non-hydrogen) atoms. The minimum atomic E-state index is -0.235. The van der Waals surface area contributed by atoms with Crippen LogP contribution in [0.25, 0.3) is 17.5 Å². The number of hydrogen-bond donors (Lipinski definition) is 3. The number of rotatable bonds is 6. The quantitative estimate of drug-likeness (QED) is 0.355. The van der Waals surface area contributed by atoms with Crippen molar-refractivity contribution >= 4 is 17.7 Å². The fourth-order valence-corrected chi connectivity index (χ4v) is 5.52. The van der Waals surface area contributed by atoms with Gasteiger partial charge >= 0.3 is 0 Å². The number of piperazine rings is 1. The standard InChI is InChI=1S/C28H33FN8/c29-21-5-1-4-20(16-21)25-7-3-11-37(25)26(30)9-10-27-32-19-24(33-27)23-6-2-8-28(34-23)36-14-12-35(13-15-36)22-17-31-18-22/h1-2,4-6,8-10,16,19,22,25,30-31H,3,7,11-15,17-18H2,(H,32,33)/b10-9-,30-26?/t25-/m1/s1. The van der Waals surface area contributed by atoms with Gasteiger partial charge in [-0.2, -0.15) is 0 Å². The van der Waals surface area contributed by atoms with Crippen LogP contribution in [0, 0.1) is 11.2 Å². The predicted molar refractivity (Wildman–Crippen MR) is 144 cm³/mol. The van der Waals surface area contributed by atoms with Gasteiger partial charge in [-0.3, -0.25) is 10.3 Å². The number of benzene rings is 1. The third-order valence-electron chi connectivity index (χ3n) is 7.72. The van der Waals surface area contributed by atoms with Gasteiger partial charge in [0.2, 0.25) is 0 Å². The summed E-state index contributed by atoms with van der Waals surface area (Å²) in [5, 5.41) is 12.0. The van der Waals surface area contributed by atoms with Crippen LogP contribution in [0.2, 0.25) is 0 Å². The molecule has 0 amide bonds. The van der Waals surface area contributed by atoms with Crippen LogP contribution in [-0.2, 0) is 0 Å². The van der Waals surface area contributed by atoms with Crippen molar-refractivity contribution in [1.29, 1.82) is 5.41 Å². The van der Waals surface area contributed by atoms with E-state index < -0.39 is 0 Å². The summed E-state index contributed by atoms with van der Waals surface area (Å²) in [6.07, 6.45) is 7.28. The molecule has 8 nitrogen and oxygen atoms in total. The van der Waals surface area contributed by atoms with Crippen LogP contribution in [0.1, 0.15) is 30.3 Å². The van der Waals surface area contributed by atoms with Gasteiger partial charge in [0.1, 0.15) is 23.3 Å². The van der Waals surface area contributed by atoms with Crippen LogP contribution in [-0.4, -0.2) is 82.4 Å². The number of anilines is 1. The van der Waals surface area contributed by atoms with Gasteiger partial charge in [0, 0.05) is 51.9 Å². The Balaban J connectivity index is 1.10. The lowest BCUT2D eigenvalue weighted by Crippen LogP contribution is -2.61. The molecule has 0 aliphatic carbocycles. The number of pyridine rings is 1. The Kier molecular flexibility index (Phi) is 6.72. The Morgan fingerprint density at radius 3 is 2.68 bits per heavy atom. The largest absolute Gasteiger partial charge is 0.354 e. The number of H-pyrrole nitrogens is 1. The fraction of sp³-hybridized carbons (Fsp3) is 0.393. The number of hydrogen-bond acceptors (Lipinski definition) is 6. The van der Waals surface area contributed by atoms with Gasteiger partial charge in [0.05, 0.1) is 23.6 Å². The third kappa shape index (κ3) is 5.14. The summed E-state index contributed by atoms with van der Waals surface area (Å²) in [7, 11) is 0. The molecule has 0 saturated carbocycles. The van der Waals surface area contributed by atoms with Gasteiger partial charge in [-0.05, 0) is 54.8 Å². The molecule has 5 heterocycles. The highest BCUT2D eigenvalue weighted by atomic mass is 19.1. The van der Waals surface area contributed by atoms with E-state index in [4.69, 9.17) is 10.4 Å². The lowest BCUT2D eigenvalue weighted by molar-refractivity contribution is 0.137. The monoisotopic (exact) mass is 500 g/mol. The molecule has 2 aromatic heterocycles. The summed E-state index contributed by atoms with van der Waals surface area (Å²) in [6.45, 7) is 7.11. The van der Waals surface area contributed by atoms with E-state index in [-0.39, 0.29) is 11.9 Å². The van der Waals surface area contributed by atoms with E-state index in [0.717, 1.165) is 81.4 Å². The summed E-state index contributed by atoms with van der Waals surface area (Å²) >= 11 is 0. The molecule has 0 bridgehead atoms. The molecule has 3 aliphatic heterocycles. The number of amidine groups is 1. The fourth-order valence-electron chi connectivity index (χ4n) is 5.52. The van der Waals surface area contributed by atoms with Gasteiger partial charge in [-0.1, -0.05) is 18.2 Å². The van der Waals surface area contributed by atoms with E-state index in [1.807, 2.05) is 29.2 Å². The maximum absolute atomic E-state index is 13.7. The van der Waals surface area contributed by atoms with Gasteiger partial charge in [0.25, 0.3) is 0 Å². The Morgan fingerprint density at radius 1 is 1.05 bits per heavy atom. The van der Waals surface area contributed by atoms with Crippen molar-refractivity contribution in [2.24, 2.45) is 0 Å². The van der Waals surface area contributed by atoms with E-state index in [1.54, 1.807) is 24.4 Å². The lowest BCUT2D eigenvalue weighted by Gasteiger charge is -2.43. The number of aromatic amines is 1. The van der Waals surface area contributed by atoms with Gasteiger partial charge in [0.15, 0.2) is 0 Å². The molecule has 0 spiro atoms. The van der Waals surface area contributed by atoms with E-state index in [9.17, 15) is 4.39 Å². The van der Waals surface area contributed by atoms with E-state index in [1.165, 1.54) is 6.07 Å². The predicted octanol–water partition coefficient (Wildman–Crippen LogP) is 3.53. The average molecular weight is 501 g/mol. The Bertz CT molecular complexity index is 1270. The Morgan fingerprint density at radius 2 is 1.89 bits per heavy atom. The summed E-state index contributed by atoms with van der Waals surface area (Å²) in [4.78, 5) is 19.7. The van der Waals surface area contributed by atoms with Crippen molar-refractivity contribution in [3.63, 3.8) is 0 Å². The van der Waals surface area contributed by atoms with Crippen molar-refractivity contribution in [1.82, 2.24) is 30.1 Å². The van der Waals surface area contributed by atoms with Crippen molar-refractivity contribution in [3.8, 4) is 11.4 Å². The molecule has 1 aromatic carbocycles. The minimum absolute atomic E-state index is 0.0270. The highest BCUT2D eigenvalue weighted by Gasteiger charge is 2.29. The topological polar surface area (TPSA) is 87.2 Å². The zero-order valence-electron chi connectivity index (χ0n) is 20.9. The summed E-state index contributed by atoms with van der Waals surface area (Å²) in [6, 6.07) is 13.6. The number of aromatic nitrogens is 3. The highest BCUT2D eigenvalue weighted by molar-refractivity contribution is 5.94. The SMILES string of the molecule is N=C(/C=C\c1ncc(-c2cccc(N3CCN(C4CNC4)CC3)n2)[nH]1)N1CCC[C@@H]1c1cccc(F)c1. The Hall–Kier alpha value is -3.56. The molecule has 3 saturated heterocycles. The molecule has 9 heteroatoms. The number of halogens is 1. The molecule has 0 unspecified atom stereocenters. The summed E-state index contributed by atoms with van der Waals surface area (Å²) in [5.74, 6) is 1.84. The second-order valence-corrected chi connectivity index (χ2v) is 10.0. The molecule has 3 fully saturated rings. The zero-order chi connectivity index (χ0) is 25.2. The maximum atomic E-state index is 13.7. The van der Waals surface area contributed by atoms with Crippen molar-refractivity contribution in [3.05, 3.63) is 71.9 Å². The molecular weight excluding hydrogens is 467 g/mol. The third-order valence-corrected chi connectivity index (χ3v) is 7.72. The van der Waals surface area contributed by atoms with Crippen LogP contribution in [0.5, 0.6) is 0 Å². The van der Waals surface area contributed by atoms with Crippen LogP contribution in [0.15, 0.2) is 54.7 Å². The maximum Gasteiger partial charge on any atom is 0.130 e. The van der Waals surface area contributed by atoms with Crippen LogP contribution < -0.4 is 10.2 Å². The first-order valence-electron chi connectivity index (χ1n) is 13.1. The lowest BCUT2D eigenvalue weighted by atomic mass is 10.0. The van der Waals surface area contributed by atoms with Gasteiger partial charge < -0.3 is 20.1 Å². The molecule has 3 N–H and O–H groups in total. The first-order valence-corrected chi connectivity index (χ1v) is 13.1. The van der Waals surface area contributed by atoms with Crippen LogP contribution in [0.4, 0.5) is 10.2 Å². The molecule has 1 atom stereocenters. The van der Waals surface area contributed by atoms with E-state index >= 15 is 0 Å². The average Bonchev–Trinajstić information content (AvgIpc) is 3.57. The van der Waals surface area contributed by atoms with Crippen LogP contribution >= 0.6 is 0 Å². The zero-order valence-corrected chi connectivity index (χ0v) is 20.9. The second kappa shape index (κ2) is 10.4. The first kappa shape index (κ1) is 23.8. The van der Waals surface area contributed by atoms with Crippen molar-refractivity contribution in [2.45, 2.75) is 24.9 Å². The molecule has 3 aliphatic rings. The number of likely N-dealkylation sites (tertiary alicyclic amines) is 1. The van der Waals surface area contributed by atoms with Crippen molar-refractivity contribution < 1.29 is 4.39 Å². The number of imidazole rings is 1. The summed E-state index contributed by atoms with van der Waals surface area (Å²) < 4.78 is 13.7. The van der Waals surface area contributed by atoms with E-state index in [0.29, 0.717) is 17.7 Å². The number of nitrogens with zero attached hydrogens (tertiary/aromatic N) is 5.